The van der Waals surface area contributed by atoms with Crippen LogP contribution in [-0.4, -0.2) is 41.9 Å². The van der Waals surface area contributed by atoms with Crippen LogP contribution in [0, 0.1) is 12.7 Å². The molecular formula is C21H22FN7O2. The molecular weight excluding hydrogens is 401 g/mol. The molecule has 0 aliphatic carbocycles. The Morgan fingerprint density at radius 1 is 1.23 bits per heavy atom. The number of hydrogen-bond acceptors (Lipinski definition) is 6. The molecule has 10 heteroatoms. The Kier molecular flexibility index (Phi) is 5.63. The maximum absolute atomic E-state index is 14.7. The third-order valence-electron chi connectivity index (χ3n) is 4.71. The van der Waals surface area contributed by atoms with Crippen molar-refractivity contribution in [2.45, 2.75) is 26.8 Å². The van der Waals surface area contributed by atoms with Gasteiger partial charge in [0.1, 0.15) is 0 Å². The molecule has 9 nitrogen and oxygen atoms in total. The predicted molar refractivity (Wildman–Crippen MR) is 115 cm³/mol. The van der Waals surface area contributed by atoms with Gasteiger partial charge in [0.15, 0.2) is 11.6 Å². The van der Waals surface area contributed by atoms with Gasteiger partial charge in [-0.2, -0.15) is 10.1 Å². The molecule has 0 unspecified atom stereocenters. The van der Waals surface area contributed by atoms with Crippen molar-refractivity contribution in [3.8, 4) is 5.82 Å². The van der Waals surface area contributed by atoms with Crippen LogP contribution in [0.2, 0.25) is 0 Å². The molecule has 0 aliphatic rings. The highest BCUT2D eigenvalue weighted by Crippen LogP contribution is 2.28. The van der Waals surface area contributed by atoms with E-state index in [9.17, 15) is 9.18 Å². The van der Waals surface area contributed by atoms with Gasteiger partial charge in [-0.05, 0) is 37.1 Å². The summed E-state index contributed by atoms with van der Waals surface area (Å²) in [5, 5.41) is 19.8. The number of aliphatic hydroxyl groups excluding tert-OH is 1. The van der Waals surface area contributed by atoms with Crippen molar-refractivity contribution >= 4 is 34.1 Å². The molecule has 0 atom stereocenters. The lowest BCUT2D eigenvalue weighted by Crippen LogP contribution is -2.06. The highest BCUT2D eigenvalue weighted by atomic mass is 19.1. The minimum atomic E-state index is -0.563. The van der Waals surface area contributed by atoms with E-state index in [1.54, 1.807) is 33.9 Å². The van der Waals surface area contributed by atoms with Crippen LogP contribution in [0.4, 0.5) is 21.7 Å². The number of aliphatic hydroxyl groups is 1. The summed E-state index contributed by atoms with van der Waals surface area (Å²) in [6.45, 7) is 4.03. The third kappa shape index (κ3) is 4.38. The number of amides is 1. The van der Waals surface area contributed by atoms with Gasteiger partial charge in [0, 0.05) is 43.5 Å². The molecule has 0 saturated carbocycles. The van der Waals surface area contributed by atoms with Crippen molar-refractivity contribution < 1.29 is 14.3 Å². The Labute approximate surface area is 177 Å². The SMILES string of the molecule is CC(=O)Nc1ccc2c(c1)c(C)cn2-c1nc(Nc2cnn(CCCO)c2)ncc1F. The highest BCUT2D eigenvalue weighted by molar-refractivity contribution is 5.94. The zero-order valence-electron chi connectivity index (χ0n) is 17.1. The number of carbonyl (C=O) groups excluding carboxylic acids is 1. The highest BCUT2D eigenvalue weighted by Gasteiger charge is 2.15. The average molecular weight is 423 g/mol. The van der Waals surface area contributed by atoms with Crippen molar-refractivity contribution in [2.75, 3.05) is 17.2 Å². The van der Waals surface area contributed by atoms with Gasteiger partial charge >= 0.3 is 0 Å². The molecule has 0 bridgehead atoms. The van der Waals surface area contributed by atoms with Crippen LogP contribution in [0.15, 0.2) is 43.0 Å². The van der Waals surface area contributed by atoms with Gasteiger partial charge < -0.3 is 15.7 Å². The quantitative estimate of drug-likeness (QED) is 0.421. The van der Waals surface area contributed by atoms with E-state index >= 15 is 0 Å². The van der Waals surface area contributed by atoms with E-state index in [1.165, 1.54) is 6.92 Å². The summed E-state index contributed by atoms with van der Waals surface area (Å²) in [4.78, 5) is 19.7. The van der Waals surface area contributed by atoms with E-state index in [0.717, 1.165) is 22.7 Å². The summed E-state index contributed by atoms with van der Waals surface area (Å²) in [7, 11) is 0. The fraction of sp³-hybridized carbons (Fsp3) is 0.238. The van der Waals surface area contributed by atoms with Crippen molar-refractivity contribution in [1.82, 2.24) is 24.3 Å². The topological polar surface area (TPSA) is 110 Å². The molecule has 0 radical (unpaired) electrons. The summed E-state index contributed by atoms with van der Waals surface area (Å²) in [6, 6.07) is 5.42. The predicted octanol–water partition coefficient (Wildman–Crippen LogP) is 3.15. The first-order chi connectivity index (χ1) is 14.9. The first-order valence-electron chi connectivity index (χ1n) is 9.77. The summed E-state index contributed by atoms with van der Waals surface area (Å²) in [5.74, 6) is -0.385. The third-order valence-corrected chi connectivity index (χ3v) is 4.71. The maximum atomic E-state index is 14.7. The van der Waals surface area contributed by atoms with Crippen LogP contribution in [0.1, 0.15) is 18.9 Å². The zero-order valence-corrected chi connectivity index (χ0v) is 17.1. The number of hydrogen-bond donors (Lipinski definition) is 3. The number of anilines is 3. The van der Waals surface area contributed by atoms with E-state index in [1.807, 2.05) is 19.1 Å². The number of aryl methyl sites for hydroxylation is 2. The fourth-order valence-electron chi connectivity index (χ4n) is 3.35. The number of aromatic nitrogens is 5. The molecule has 0 fully saturated rings. The molecule has 3 aromatic heterocycles. The minimum absolute atomic E-state index is 0.0869. The van der Waals surface area contributed by atoms with Gasteiger partial charge in [-0.25, -0.2) is 9.37 Å². The Hall–Kier alpha value is -3.79. The molecule has 3 N–H and O–H groups in total. The number of carbonyl (C=O) groups is 1. The van der Waals surface area contributed by atoms with Gasteiger partial charge in [-0.3, -0.25) is 14.0 Å². The molecule has 0 aliphatic heterocycles. The van der Waals surface area contributed by atoms with Crippen molar-refractivity contribution in [1.29, 1.82) is 0 Å². The van der Waals surface area contributed by atoms with Crippen LogP contribution in [0.5, 0.6) is 0 Å². The lowest BCUT2D eigenvalue weighted by molar-refractivity contribution is -0.114. The summed E-state index contributed by atoms with van der Waals surface area (Å²) >= 11 is 0. The average Bonchev–Trinajstić information content (AvgIpc) is 3.31. The summed E-state index contributed by atoms with van der Waals surface area (Å²) in [5.41, 5.74) is 3.00. The molecule has 3 heterocycles. The number of benzene rings is 1. The molecule has 0 spiro atoms. The van der Waals surface area contributed by atoms with Gasteiger partial charge in [-0.15, -0.1) is 0 Å². The Morgan fingerprint density at radius 2 is 2.06 bits per heavy atom. The largest absolute Gasteiger partial charge is 0.396 e. The maximum Gasteiger partial charge on any atom is 0.229 e. The van der Waals surface area contributed by atoms with Gasteiger partial charge in [0.25, 0.3) is 0 Å². The monoisotopic (exact) mass is 423 g/mol. The number of fused-ring (bicyclic) bond motifs is 1. The Balaban J connectivity index is 1.66. The van der Waals surface area contributed by atoms with Gasteiger partial charge in [-0.1, -0.05) is 0 Å². The van der Waals surface area contributed by atoms with E-state index in [0.29, 0.717) is 24.3 Å². The van der Waals surface area contributed by atoms with E-state index in [-0.39, 0.29) is 24.3 Å². The Morgan fingerprint density at radius 3 is 2.84 bits per heavy atom. The molecule has 160 valence electrons. The molecule has 1 aromatic carbocycles. The van der Waals surface area contributed by atoms with Crippen molar-refractivity contribution in [3.05, 3.63) is 54.4 Å². The molecule has 4 aromatic rings. The standard InChI is InChI=1S/C21H22FN7O2/c1-13-11-29(19-5-4-15(8-17(13)19)25-14(2)31)20-18(22)10-23-21(27-20)26-16-9-24-28(12-16)6-3-7-30/h4-5,8-12,30H,3,6-7H2,1-2H3,(H,25,31)(H,23,26,27). The fourth-order valence-corrected chi connectivity index (χ4v) is 3.35. The Bertz CT molecular complexity index is 1250. The normalized spacial score (nSPS) is 11.1. The molecule has 4 rings (SSSR count). The molecule has 0 saturated heterocycles. The van der Waals surface area contributed by atoms with Crippen LogP contribution in [0.3, 0.4) is 0 Å². The number of nitrogens with one attached hydrogen (secondary N) is 2. The smallest absolute Gasteiger partial charge is 0.229 e. The summed E-state index contributed by atoms with van der Waals surface area (Å²) < 4.78 is 18.0. The minimum Gasteiger partial charge on any atom is -0.396 e. The number of halogens is 1. The number of rotatable bonds is 7. The second-order valence-corrected chi connectivity index (χ2v) is 7.15. The van der Waals surface area contributed by atoms with Crippen molar-refractivity contribution in [2.24, 2.45) is 0 Å². The van der Waals surface area contributed by atoms with Crippen LogP contribution in [0.25, 0.3) is 16.7 Å². The second-order valence-electron chi connectivity index (χ2n) is 7.15. The second kappa shape index (κ2) is 8.52. The van der Waals surface area contributed by atoms with E-state index < -0.39 is 5.82 Å². The van der Waals surface area contributed by atoms with Crippen LogP contribution in [-0.2, 0) is 11.3 Å². The lowest BCUT2D eigenvalue weighted by atomic mass is 10.2. The van der Waals surface area contributed by atoms with E-state index in [2.05, 4.69) is 25.7 Å². The molecule has 31 heavy (non-hydrogen) atoms. The first-order valence-corrected chi connectivity index (χ1v) is 9.77. The van der Waals surface area contributed by atoms with Crippen LogP contribution < -0.4 is 10.6 Å². The number of nitrogens with zero attached hydrogens (tertiary/aromatic N) is 5. The van der Waals surface area contributed by atoms with Crippen molar-refractivity contribution in [3.63, 3.8) is 0 Å². The van der Waals surface area contributed by atoms with Gasteiger partial charge in [0.2, 0.25) is 11.9 Å². The molecule has 1 amide bonds. The zero-order chi connectivity index (χ0) is 22.0. The summed E-state index contributed by atoms with van der Waals surface area (Å²) in [6.07, 6.45) is 6.89. The van der Waals surface area contributed by atoms with Gasteiger partial charge in [0.05, 0.1) is 23.6 Å². The van der Waals surface area contributed by atoms with Crippen LogP contribution >= 0.6 is 0 Å². The lowest BCUT2D eigenvalue weighted by Gasteiger charge is -2.09. The van der Waals surface area contributed by atoms with E-state index in [4.69, 9.17) is 5.11 Å². The first kappa shape index (κ1) is 20.5.